The Bertz CT molecular complexity index is 273. The van der Waals surface area contributed by atoms with Crippen LogP contribution in [0.15, 0.2) is 0 Å². The summed E-state index contributed by atoms with van der Waals surface area (Å²) < 4.78 is 5.87. The second-order valence-electron chi connectivity index (χ2n) is 6.12. The number of carbonyl (C=O) groups excluding carboxylic acids is 1. The van der Waals surface area contributed by atoms with E-state index in [1.807, 2.05) is 6.92 Å². The Morgan fingerprint density at radius 2 is 2.11 bits per heavy atom. The molecule has 0 aromatic heterocycles. The monoisotopic (exact) mass is 270 g/mol. The summed E-state index contributed by atoms with van der Waals surface area (Å²) >= 11 is 0. The topological polar surface area (TPSA) is 64.3 Å². The molecule has 1 aliphatic carbocycles. The highest BCUT2D eigenvalue weighted by Crippen LogP contribution is 2.33. The molecule has 112 valence electrons. The third-order valence-electron chi connectivity index (χ3n) is 4.20. The Balaban J connectivity index is 2.34. The second-order valence-corrected chi connectivity index (χ2v) is 6.12. The summed E-state index contributed by atoms with van der Waals surface area (Å²) in [5, 5.41) is 2.97. The quantitative estimate of drug-likeness (QED) is 0.745. The van der Waals surface area contributed by atoms with E-state index in [0.29, 0.717) is 6.54 Å². The van der Waals surface area contributed by atoms with Gasteiger partial charge in [-0.3, -0.25) is 4.79 Å². The van der Waals surface area contributed by atoms with E-state index in [1.54, 1.807) is 0 Å². The van der Waals surface area contributed by atoms with Crippen LogP contribution in [0, 0.1) is 5.92 Å². The molecule has 0 aromatic carbocycles. The summed E-state index contributed by atoms with van der Waals surface area (Å²) in [6.45, 7) is 7.06. The van der Waals surface area contributed by atoms with Crippen molar-refractivity contribution in [1.29, 1.82) is 0 Å². The van der Waals surface area contributed by atoms with Crippen molar-refractivity contribution in [2.24, 2.45) is 11.7 Å². The van der Waals surface area contributed by atoms with E-state index in [-0.39, 0.29) is 24.2 Å². The first-order valence-electron chi connectivity index (χ1n) is 7.64. The van der Waals surface area contributed by atoms with Gasteiger partial charge in [0.15, 0.2) is 0 Å². The molecule has 1 rings (SSSR count). The number of nitrogens with two attached hydrogens (primary N) is 1. The molecular weight excluding hydrogens is 240 g/mol. The fraction of sp³-hybridized carbons (Fsp3) is 0.933. The summed E-state index contributed by atoms with van der Waals surface area (Å²) in [6.07, 6.45) is 6.32. The van der Waals surface area contributed by atoms with Crippen LogP contribution in [0.2, 0.25) is 0 Å². The van der Waals surface area contributed by atoms with Gasteiger partial charge in [0.1, 0.15) is 6.61 Å². The van der Waals surface area contributed by atoms with Gasteiger partial charge in [0.2, 0.25) is 5.91 Å². The first-order valence-corrected chi connectivity index (χ1v) is 7.64. The van der Waals surface area contributed by atoms with Gasteiger partial charge >= 0.3 is 0 Å². The molecule has 0 aromatic rings. The van der Waals surface area contributed by atoms with Crippen molar-refractivity contribution >= 4 is 5.91 Å². The van der Waals surface area contributed by atoms with Crippen LogP contribution in [0.3, 0.4) is 0 Å². The molecule has 0 spiro atoms. The molecule has 19 heavy (non-hydrogen) atoms. The van der Waals surface area contributed by atoms with Crippen LogP contribution in [0.4, 0.5) is 0 Å². The van der Waals surface area contributed by atoms with Crippen molar-refractivity contribution in [2.45, 2.75) is 70.9 Å². The third kappa shape index (κ3) is 5.49. The fourth-order valence-corrected chi connectivity index (χ4v) is 2.74. The summed E-state index contributed by atoms with van der Waals surface area (Å²) in [5.41, 5.74) is 5.60. The van der Waals surface area contributed by atoms with Gasteiger partial charge in [0.25, 0.3) is 0 Å². The molecule has 1 saturated carbocycles. The van der Waals surface area contributed by atoms with Gasteiger partial charge in [0, 0.05) is 12.6 Å². The minimum atomic E-state index is -0.266. The molecular formula is C15H30N2O2. The standard InChI is InChI=1S/C15H30N2O2/c1-4-5-13(3)17-14(18)10-19-15(11-16)8-6-12(2)7-9-15/h12-13H,4-11,16H2,1-3H3,(H,17,18). The van der Waals surface area contributed by atoms with Gasteiger partial charge in [-0.25, -0.2) is 0 Å². The van der Waals surface area contributed by atoms with Crippen molar-refractivity contribution in [1.82, 2.24) is 5.32 Å². The molecule has 1 amide bonds. The second kappa shape index (κ2) is 7.85. The normalized spacial score (nSPS) is 28.9. The van der Waals surface area contributed by atoms with Crippen LogP contribution >= 0.6 is 0 Å². The minimum Gasteiger partial charge on any atom is -0.364 e. The fourth-order valence-electron chi connectivity index (χ4n) is 2.74. The predicted molar refractivity (Wildman–Crippen MR) is 77.9 cm³/mol. The van der Waals surface area contributed by atoms with Crippen molar-refractivity contribution in [3.8, 4) is 0 Å². The average molecular weight is 270 g/mol. The molecule has 0 aliphatic heterocycles. The Labute approximate surface area is 117 Å². The highest BCUT2D eigenvalue weighted by atomic mass is 16.5. The SMILES string of the molecule is CCCC(C)NC(=O)COC1(CN)CCC(C)CC1. The maximum absolute atomic E-state index is 11.8. The molecule has 4 nitrogen and oxygen atoms in total. The van der Waals surface area contributed by atoms with E-state index in [4.69, 9.17) is 10.5 Å². The maximum atomic E-state index is 11.8. The highest BCUT2D eigenvalue weighted by Gasteiger charge is 2.34. The minimum absolute atomic E-state index is 0.0209. The number of rotatable bonds is 7. The lowest BCUT2D eigenvalue weighted by Gasteiger charge is -2.38. The summed E-state index contributed by atoms with van der Waals surface area (Å²) in [5.74, 6) is 0.731. The van der Waals surface area contributed by atoms with Crippen molar-refractivity contribution < 1.29 is 9.53 Å². The lowest BCUT2D eigenvalue weighted by Crippen LogP contribution is -2.46. The Morgan fingerprint density at radius 1 is 1.47 bits per heavy atom. The summed E-state index contributed by atoms with van der Waals surface area (Å²) in [4.78, 5) is 11.8. The number of hydrogen-bond donors (Lipinski definition) is 2. The lowest BCUT2D eigenvalue weighted by molar-refractivity contribution is -0.136. The number of hydrogen-bond acceptors (Lipinski definition) is 3. The first-order chi connectivity index (χ1) is 9.01. The van der Waals surface area contributed by atoms with Crippen molar-refractivity contribution in [3.05, 3.63) is 0 Å². The van der Waals surface area contributed by atoms with E-state index in [1.165, 1.54) is 0 Å². The van der Waals surface area contributed by atoms with E-state index >= 15 is 0 Å². The van der Waals surface area contributed by atoms with Crippen LogP contribution in [0.1, 0.15) is 59.3 Å². The van der Waals surface area contributed by atoms with E-state index in [0.717, 1.165) is 44.4 Å². The molecule has 0 bridgehead atoms. The lowest BCUT2D eigenvalue weighted by atomic mass is 9.79. The zero-order valence-electron chi connectivity index (χ0n) is 12.7. The molecule has 1 atom stereocenters. The molecule has 1 unspecified atom stereocenters. The van der Waals surface area contributed by atoms with Gasteiger partial charge < -0.3 is 15.8 Å². The molecule has 0 radical (unpaired) electrons. The van der Waals surface area contributed by atoms with Crippen molar-refractivity contribution in [3.63, 3.8) is 0 Å². The maximum Gasteiger partial charge on any atom is 0.246 e. The molecule has 1 fully saturated rings. The van der Waals surface area contributed by atoms with E-state index in [9.17, 15) is 4.79 Å². The van der Waals surface area contributed by atoms with Crippen molar-refractivity contribution in [2.75, 3.05) is 13.2 Å². The van der Waals surface area contributed by atoms with Gasteiger partial charge in [-0.2, -0.15) is 0 Å². The molecule has 0 saturated heterocycles. The zero-order valence-corrected chi connectivity index (χ0v) is 12.7. The Hall–Kier alpha value is -0.610. The zero-order chi connectivity index (χ0) is 14.3. The van der Waals surface area contributed by atoms with Gasteiger partial charge in [-0.1, -0.05) is 20.3 Å². The van der Waals surface area contributed by atoms with Gasteiger partial charge in [-0.05, 0) is 44.9 Å². The highest BCUT2D eigenvalue weighted by molar-refractivity contribution is 5.77. The average Bonchev–Trinajstić information content (AvgIpc) is 2.39. The van der Waals surface area contributed by atoms with Crippen LogP contribution in [-0.4, -0.2) is 30.7 Å². The van der Waals surface area contributed by atoms with E-state index in [2.05, 4.69) is 19.2 Å². The summed E-state index contributed by atoms with van der Waals surface area (Å²) in [6, 6.07) is 0.223. The largest absolute Gasteiger partial charge is 0.364 e. The molecule has 0 heterocycles. The van der Waals surface area contributed by atoms with Gasteiger partial charge in [-0.15, -0.1) is 0 Å². The van der Waals surface area contributed by atoms with Crippen LogP contribution in [0.25, 0.3) is 0 Å². The van der Waals surface area contributed by atoms with Crippen LogP contribution in [0.5, 0.6) is 0 Å². The van der Waals surface area contributed by atoms with E-state index < -0.39 is 0 Å². The molecule has 4 heteroatoms. The Morgan fingerprint density at radius 3 is 2.63 bits per heavy atom. The summed E-state index contributed by atoms with van der Waals surface area (Å²) in [7, 11) is 0. The van der Waals surface area contributed by atoms with Gasteiger partial charge in [0.05, 0.1) is 5.60 Å². The number of carbonyl (C=O) groups is 1. The molecule has 3 N–H and O–H groups in total. The predicted octanol–water partition coefficient (Wildman–Crippen LogP) is 2.22. The first kappa shape index (κ1) is 16.4. The molecule has 1 aliphatic rings. The number of nitrogens with one attached hydrogen (secondary N) is 1. The number of ether oxygens (including phenoxy) is 1. The van der Waals surface area contributed by atoms with Crippen LogP contribution < -0.4 is 11.1 Å². The number of amides is 1. The van der Waals surface area contributed by atoms with Crippen LogP contribution in [-0.2, 0) is 9.53 Å². The Kier molecular flexibility index (Phi) is 6.80. The third-order valence-corrected chi connectivity index (χ3v) is 4.20. The smallest absolute Gasteiger partial charge is 0.246 e.